The Morgan fingerprint density at radius 3 is 2.50 bits per heavy atom. The minimum Gasteiger partial charge on any atom is -0.466 e. The Morgan fingerprint density at radius 2 is 1.83 bits per heavy atom. The maximum Gasteiger partial charge on any atom is 0.309 e. The third-order valence-electron chi connectivity index (χ3n) is 5.41. The van der Waals surface area contributed by atoms with Crippen LogP contribution in [0.4, 0.5) is 8.78 Å². The van der Waals surface area contributed by atoms with Crippen LogP contribution in [0.5, 0.6) is 0 Å². The maximum atomic E-state index is 13.6. The second-order valence-corrected chi connectivity index (χ2v) is 7.38. The number of hydrogen-bond acceptors (Lipinski definition) is 4. The molecule has 0 saturated carbocycles. The molecular weight excluding hydrogens is 394 g/mol. The van der Waals surface area contributed by atoms with Gasteiger partial charge in [0.15, 0.2) is 5.58 Å². The third kappa shape index (κ3) is 3.94. The Balaban J connectivity index is 1.57. The molecule has 1 saturated heterocycles. The Labute approximate surface area is 172 Å². The van der Waals surface area contributed by atoms with Crippen LogP contribution in [0.3, 0.4) is 0 Å². The molecule has 3 heterocycles. The van der Waals surface area contributed by atoms with E-state index in [0.29, 0.717) is 54.9 Å². The number of carbonyl (C=O) groups is 2. The van der Waals surface area contributed by atoms with E-state index in [0.717, 1.165) is 6.07 Å². The molecule has 0 atom stereocenters. The van der Waals surface area contributed by atoms with Crippen LogP contribution in [0.25, 0.3) is 11.1 Å². The highest BCUT2D eigenvalue weighted by atomic mass is 19.1. The Kier molecular flexibility index (Phi) is 5.57. The average molecular weight is 416 g/mol. The van der Waals surface area contributed by atoms with Crippen molar-refractivity contribution in [3.63, 3.8) is 0 Å². The largest absolute Gasteiger partial charge is 0.466 e. The Hall–Kier alpha value is -3.16. The molecule has 6 nitrogen and oxygen atoms in total. The second-order valence-electron chi connectivity index (χ2n) is 7.38. The second kappa shape index (κ2) is 8.30. The first-order valence-corrected chi connectivity index (χ1v) is 9.94. The number of likely N-dealkylation sites (tertiary alicyclic amines) is 1. The summed E-state index contributed by atoms with van der Waals surface area (Å²) in [7, 11) is 0. The molecule has 158 valence electrons. The van der Waals surface area contributed by atoms with Gasteiger partial charge in [-0.2, -0.15) is 0 Å². The van der Waals surface area contributed by atoms with Gasteiger partial charge in [-0.3, -0.25) is 9.59 Å². The van der Waals surface area contributed by atoms with Crippen LogP contribution in [-0.2, 0) is 16.1 Å². The monoisotopic (exact) mass is 416 g/mol. The fraction of sp³-hybridized carbons (Fsp3) is 0.364. The summed E-state index contributed by atoms with van der Waals surface area (Å²) in [5, 5.41) is 0. The number of furan rings is 1. The molecule has 0 aliphatic carbocycles. The van der Waals surface area contributed by atoms with Crippen LogP contribution in [0.2, 0.25) is 0 Å². The normalized spacial score (nSPS) is 15.0. The summed E-state index contributed by atoms with van der Waals surface area (Å²) in [5.74, 6) is -1.98. The molecule has 1 aromatic carbocycles. The quantitative estimate of drug-likeness (QED) is 0.591. The van der Waals surface area contributed by atoms with Crippen molar-refractivity contribution in [3.8, 4) is 0 Å². The lowest BCUT2D eigenvalue weighted by atomic mass is 9.97. The highest BCUT2D eigenvalue weighted by Gasteiger charge is 2.30. The predicted molar refractivity (Wildman–Crippen MR) is 105 cm³/mol. The van der Waals surface area contributed by atoms with Gasteiger partial charge in [-0.15, -0.1) is 0 Å². The van der Waals surface area contributed by atoms with E-state index in [4.69, 9.17) is 9.15 Å². The van der Waals surface area contributed by atoms with Gasteiger partial charge in [-0.1, -0.05) is 0 Å². The predicted octanol–water partition coefficient (Wildman–Crippen LogP) is 3.98. The van der Waals surface area contributed by atoms with E-state index >= 15 is 0 Å². The lowest BCUT2D eigenvalue weighted by Crippen LogP contribution is -2.41. The molecular formula is C22H22F2N2O4. The van der Waals surface area contributed by atoms with Gasteiger partial charge in [-0.25, -0.2) is 8.78 Å². The van der Waals surface area contributed by atoms with Crippen LogP contribution in [-0.4, -0.2) is 41.0 Å². The Bertz CT molecular complexity index is 1060. The van der Waals surface area contributed by atoms with Crippen LogP contribution < -0.4 is 0 Å². The SMILES string of the molecule is CCOC(=O)C1CCN(C(=O)c2cc3occc3n2Cc2cc(F)cc(F)c2)CC1. The summed E-state index contributed by atoms with van der Waals surface area (Å²) in [6.45, 7) is 3.10. The molecule has 4 rings (SSSR count). The number of ether oxygens (including phenoxy) is 1. The summed E-state index contributed by atoms with van der Waals surface area (Å²) in [6.07, 6.45) is 2.58. The van der Waals surface area contributed by atoms with Gasteiger partial charge < -0.3 is 18.6 Å². The topological polar surface area (TPSA) is 64.7 Å². The van der Waals surface area contributed by atoms with Crippen molar-refractivity contribution in [2.45, 2.75) is 26.3 Å². The zero-order valence-corrected chi connectivity index (χ0v) is 16.6. The van der Waals surface area contributed by atoms with Crippen LogP contribution >= 0.6 is 0 Å². The number of rotatable bonds is 5. The van der Waals surface area contributed by atoms with E-state index in [2.05, 4.69) is 0 Å². The molecule has 2 aromatic heterocycles. The molecule has 8 heteroatoms. The highest BCUT2D eigenvalue weighted by molar-refractivity contribution is 5.97. The average Bonchev–Trinajstić information content (AvgIpc) is 3.30. The number of aromatic nitrogens is 1. The molecule has 1 amide bonds. The van der Waals surface area contributed by atoms with Gasteiger partial charge in [0.05, 0.1) is 24.3 Å². The number of halogens is 2. The van der Waals surface area contributed by atoms with Crippen LogP contribution in [0, 0.1) is 17.6 Å². The van der Waals surface area contributed by atoms with E-state index in [-0.39, 0.29) is 24.3 Å². The Morgan fingerprint density at radius 1 is 1.13 bits per heavy atom. The van der Waals surface area contributed by atoms with Crippen molar-refractivity contribution in [2.24, 2.45) is 5.92 Å². The summed E-state index contributed by atoms with van der Waals surface area (Å²) in [5.41, 5.74) is 1.98. The van der Waals surface area contributed by atoms with E-state index < -0.39 is 11.6 Å². The van der Waals surface area contributed by atoms with Crippen molar-refractivity contribution < 1.29 is 27.5 Å². The highest BCUT2D eigenvalue weighted by Crippen LogP contribution is 2.26. The molecule has 0 unspecified atom stereocenters. The van der Waals surface area contributed by atoms with Crippen molar-refractivity contribution in [1.29, 1.82) is 0 Å². The third-order valence-corrected chi connectivity index (χ3v) is 5.41. The molecule has 1 aliphatic heterocycles. The van der Waals surface area contributed by atoms with E-state index in [9.17, 15) is 18.4 Å². The van der Waals surface area contributed by atoms with Crippen LogP contribution in [0.1, 0.15) is 35.8 Å². The van der Waals surface area contributed by atoms with E-state index in [1.54, 1.807) is 28.5 Å². The summed E-state index contributed by atoms with van der Waals surface area (Å²) in [4.78, 5) is 26.8. The molecule has 0 radical (unpaired) electrons. The van der Waals surface area contributed by atoms with Gasteiger partial charge >= 0.3 is 5.97 Å². The molecule has 1 fully saturated rings. The number of nitrogens with zero attached hydrogens (tertiary/aromatic N) is 2. The number of carbonyl (C=O) groups excluding carboxylic acids is 2. The van der Waals surface area contributed by atoms with Gasteiger partial charge in [0.1, 0.15) is 17.3 Å². The molecule has 3 aromatic rings. The van der Waals surface area contributed by atoms with Crippen molar-refractivity contribution in [3.05, 3.63) is 59.5 Å². The van der Waals surface area contributed by atoms with Gasteiger partial charge in [0.25, 0.3) is 5.91 Å². The number of piperidine rings is 1. The van der Waals surface area contributed by atoms with Crippen molar-refractivity contribution in [1.82, 2.24) is 9.47 Å². The number of fused-ring (bicyclic) bond motifs is 1. The smallest absolute Gasteiger partial charge is 0.309 e. The summed E-state index contributed by atoms with van der Waals surface area (Å²) < 4.78 is 39.5. The van der Waals surface area contributed by atoms with E-state index in [1.807, 2.05) is 0 Å². The van der Waals surface area contributed by atoms with E-state index in [1.165, 1.54) is 18.4 Å². The lowest BCUT2D eigenvalue weighted by Gasteiger charge is -2.31. The standard InChI is InChI=1S/C22H22F2N2O4/c1-2-29-22(28)15-3-6-25(7-4-15)21(27)19-12-20-18(5-8-30-20)26(19)13-14-9-16(23)11-17(24)10-14/h5,8-12,15H,2-4,6-7,13H2,1H3. The summed E-state index contributed by atoms with van der Waals surface area (Å²) in [6, 6.07) is 6.66. The fourth-order valence-corrected chi connectivity index (χ4v) is 3.95. The van der Waals surface area contributed by atoms with Crippen molar-refractivity contribution in [2.75, 3.05) is 19.7 Å². The van der Waals surface area contributed by atoms with Gasteiger partial charge in [0.2, 0.25) is 0 Å². The molecule has 30 heavy (non-hydrogen) atoms. The lowest BCUT2D eigenvalue weighted by molar-refractivity contribution is -0.149. The first kappa shape index (κ1) is 20.1. The van der Waals surface area contributed by atoms with Crippen LogP contribution in [0.15, 0.2) is 41.0 Å². The fourth-order valence-electron chi connectivity index (χ4n) is 3.95. The molecule has 0 spiro atoms. The zero-order chi connectivity index (χ0) is 21.3. The number of benzene rings is 1. The first-order valence-electron chi connectivity index (χ1n) is 9.94. The molecule has 1 aliphatic rings. The molecule has 0 bridgehead atoms. The maximum absolute atomic E-state index is 13.6. The number of hydrogen-bond donors (Lipinski definition) is 0. The first-order chi connectivity index (χ1) is 14.5. The number of esters is 1. The number of amides is 1. The van der Waals surface area contributed by atoms with Gasteiger partial charge in [-0.05, 0) is 37.5 Å². The minimum absolute atomic E-state index is 0.123. The minimum atomic E-state index is -0.672. The molecule has 0 N–H and O–H groups in total. The van der Waals surface area contributed by atoms with Crippen molar-refractivity contribution >= 4 is 23.0 Å². The van der Waals surface area contributed by atoms with Gasteiger partial charge in [0, 0.05) is 37.8 Å². The summed E-state index contributed by atoms with van der Waals surface area (Å²) >= 11 is 0. The zero-order valence-electron chi connectivity index (χ0n) is 16.6.